The number of fused-ring (bicyclic) bond motifs is 1. The third kappa shape index (κ3) is 4.30. The van der Waals surface area contributed by atoms with Crippen LogP contribution in [0.2, 0.25) is 0 Å². The van der Waals surface area contributed by atoms with E-state index in [-0.39, 0.29) is 12.4 Å². The van der Waals surface area contributed by atoms with E-state index in [0.29, 0.717) is 18.5 Å². The lowest BCUT2D eigenvalue weighted by Crippen LogP contribution is -2.16. The molecule has 0 spiro atoms. The maximum Gasteiger partial charge on any atom is 0.124 e. The van der Waals surface area contributed by atoms with Gasteiger partial charge in [-0.3, -0.25) is 10.4 Å². The third-order valence-electron chi connectivity index (χ3n) is 5.93. The summed E-state index contributed by atoms with van der Waals surface area (Å²) >= 11 is 0. The second-order valence-electron chi connectivity index (χ2n) is 8.19. The molecule has 34 heavy (non-hydrogen) atoms. The standard InChI is InChI=1S/C27H30N6O/c1-4-22-17(3)14-18(16-31-22)20-8-6-9-25-26(20)23(5-2)32-33(25)19-10-11-21(27(28)29)24(15-19)30-12-7-13-34/h4,6,8-11,14-16,30,34H,1,5,7,12-13H2,2-3H3,(H3,28,29). The zero-order chi connectivity index (χ0) is 24.2. The normalized spacial score (nSPS) is 11.0. The van der Waals surface area contributed by atoms with Crippen molar-refractivity contribution >= 4 is 28.5 Å². The number of aromatic nitrogens is 3. The molecular formula is C27H30N6O. The molecule has 7 heteroatoms. The van der Waals surface area contributed by atoms with Crippen LogP contribution in [-0.2, 0) is 6.42 Å². The summed E-state index contributed by atoms with van der Waals surface area (Å²) in [5, 5.41) is 26.4. The van der Waals surface area contributed by atoms with Crippen LogP contribution >= 0.6 is 0 Å². The highest BCUT2D eigenvalue weighted by molar-refractivity contribution is 6.01. The second kappa shape index (κ2) is 9.89. The summed E-state index contributed by atoms with van der Waals surface area (Å²) in [4.78, 5) is 4.57. The Balaban J connectivity index is 1.87. The van der Waals surface area contributed by atoms with Gasteiger partial charge in [0.1, 0.15) is 5.84 Å². The molecule has 0 atom stereocenters. The number of nitrogens with zero attached hydrogens (tertiary/aromatic N) is 3. The van der Waals surface area contributed by atoms with Crippen molar-refractivity contribution < 1.29 is 5.11 Å². The van der Waals surface area contributed by atoms with Gasteiger partial charge in [-0.2, -0.15) is 5.10 Å². The fraction of sp³-hybridized carbons (Fsp3) is 0.222. The van der Waals surface area contributed by atoms with Crippen LogP contribution in [0.3, 0.4) is 0 Å². The molecule has 0 aliphatic heterocycles. The molecule has 0 radical (unpaired) electrons. The number of nitrogens with two attached hydrogens (primary N) is 1. The van der Waals surface area contributed by atoms with Crippen molar-refractivity contribution in [2.24, 2.45) is 5.73 Å². The van der Waals surface area contributed by atoms with E-state index in [1.807, 2.05) is 42.1 Å². The van der Waals surface area contributed by atoms with Gasteiger partial charge in [0.15, 0.2) is 0 Å². The molecule has 0 fully saturated rings. The molecule has 0 bridgehead atoms. The molecule has 0 saturated carbocycles. The zero-order valence-corrected chi connectivity index (χ0v) is 19.6. The zero-order valence-electron chi connectivity index (χ0n) is 19.6. The quantitative estimate of drug-likeness (QED) is 0.167. The first-order chi connectivity index (χ1) is 16.5. The van der Waals surface area contributed by atoms with Gasteiger partial charge < -0.3 is 16.2 Å². The molecule has 2 heterocycles. The topological polar surface area (TPSA) is 113 Å². The molecule has 0 unspecified atom stereocenters. The Morgan fingerprint density at radius 3 is 2.76 bits per heavy atom. The van der Waals surface area contributed by atoms with Crippen molar-refractivity contribution in [1.82, 2.24) is 14.8 Å². The number of hydrogen-bond donors (Lipinski definition) is 4. The van der Waals surface area contributed by atoms with Crippen molar-refractivity contribution in [3.63, 3.8) is 0 Å². The van der Waals surface area contributed by atoms with E-state index >= 15 is 0 Å². The number of rotatable bonds is 9. The summed E-state index contributed by atoms with van der Waals surface area (Å²) in [5.41, 5.74) is 14.1. The summed E-state index contributed by atoms with van der Waals surface area (Å²) in [6.07, 6.45) is 5.05. The van der Waals surface area contributed by atoms with Gasteiger partial charge >= 0.3 is 0 Å². The van der Waals surface area contributed by atoms with E-state index in [1.165, 1.54) is 0 Å². The van der Waals surface area contributed by atoms with E-state index in [2.05, 4.69) is 42.0 Å². The van der Waals surface area contributed by atoms with Crippen LogP contribution < -0.4 is 11.1 Å². The van der Waals surface area contributed by atoms with Crippen molar-refractivity contribution in [1.29, 1.82) is 5.41 Å². The van der Waals surface area contributed by atoms with Crippen LogP contribution in [0, 0.1) is 12.3 Å². The predicted molar refractivity (Wildman–Crippen MR) is 140 cm³/mol. The number of pyridine rings is 1. The Labute approximate surface area is 199 Å². The summed E-state index contributed by atoms with van der Waals surface area (Å²) < 4.78 is 1.94. The molecular weight excluding hydrogens is 424 g/mol. The van der Waals surface area contributed by atoms with Crippen LogP contribution in [0.15, 0.2) is 55.2 Å². The van der Waals surface area contributed by atoms with Crippen molar-refractivity contribution in [3.05, 3.63) is 77.8 Å². The lowest BCUT2D eigenvalue weighted by molar-refractivity contribution is 0.292. The number of nitrogen functional groups attached to an aromatic ring is 1. The van der Waals surface area contributed by atoms with Gasteiger partial charge in [-0.1, -0.05) is 25.6 Å². The molecule has 4 rings (SSSR count). The van der Waals surface area contributed by atoms with Crippen molar-refractivity contribution in [2.45, 2.75) is 26.7 Å². The number of aryl methyl sites for hydroxylation is 2. The molecule has 2 aromatic heterocycles. The Hall–Kier alpha value is -3.97. The molecule has 0 aliphatic rings. The minimum absolute atomic E-state index is 0.00857. The van der Waals surface area contributed by atoms with E-state index in [1.54, 1.807) is 6.08 Å². The van der Waals surface area contributed by atoms with Gasteiger partial charge in [0.2, 0.25) is 0 Å². The minimum Gasteiger partial charge on any atom is -0.396 e. The number of aliphatic hydroxyl groups excluding tert-OH is 1. The van der Waals surface area contributed by atoms with Gasteiger partial charge in [-0.15, -0.1) is 0 Å². The number of amidine groups is 1. The average molecular weight is 455 g/mol. The highest BCUT2D eigenvalue weighted by atomic mass is 16.3. The van der Waals surface area contributed by atoms with E-state index in [0.717, 1.165) is 56.8 Å². The molecule has 0 aliphatic carbocycles. The second-order valence-corrected chi connectivity index (χ2v) is 8.19. The summed E-state index contributed by atoms with van der Waals surface area (Å²) in [6, 6.07) is 14.1. The van der Waals surface area contributed by atoms with Gasteiger partial charge in [0, 0.05) is 41.5 Å². The van der Waals surface area contributed by atoms with Gasteiger partial charge in [-0.25, -0.2) is 4.68 Å². The van der Waals surface area contributed by atoms with Crippen LogP contribution in [0.4, 0.5) is 5.69 Å². The SMILES string of the molecule is C=Cc1ncc(-c2cccc3c2c(CC)nn3-c2ccc(C(=N)N)c(NCCCO)c2)cc1C. The fourth-order valence-corrected chi connectivity index (χ4v) is 4.22. The van der Waals surface area contributed by atoms with Crippen molar-refractivity contribution in [3.8, 4) is 16.8 Å². The van der Waals surface area contributed by atoms with E-state index in [9.17, 15) is 0 Å². The number of aliphatic hydroxyl groups is 1. The first-order valence-corrected chi connectivity index (χ1v) is 11.4. The molecule has 7 nitrogen and oxygen atoms in total. The number of nitrogens with one attached hydrogen (secondary N) is 2. The number of anilines is 1. The lowest BCUT2D eigenvalue weighted by Gasteiger charge is -2.13. The Morgan fingerprint density at radius 2 is 2.09 bits per heavy atom. The smallest absolute Gasteiger partial charge is 0.124 e. The lowest BCUT2D eigenvalue weighted by atomic mass is 9.99. The summed E-state index contributed by atoms with van der Waals surface area (Å²) in [5.74, 6) is -0.00857. The van der Waals surface area contributed by atoms with Crippen LogP contribution in [0.25, 0.3) is 33.8 Å². The monoisotopic (exact) mass is 454 g/mol. The van der Waals surface area contributed by atoms with Gasteiger partial charge in [0.25, 0.3) is 0 Å². The summed E-state index contributed by atoms with van der Waals surface area (Å²) in [6.45, 7) is 8.66. The maximum absolute atomic E-state index is 9.14. The number of hydrogen-bond acceptors (Lipinski definition) is 5. The number of benzene rings is 2. The van der Waals surface area contributed by atoms with E-state index in [4.69, 9.17) is 21.3 Å². The Bertz CT molecular complexity index is 1370. The van der Waals surface area contributed by atoms with Gasteiger partial charge in [0.05, 0.1) is 22.6 Å². The Morgan fingerprint density at radius 1 is 1.26 bits per heavy atom. The largest absolute Gasteiger partial charge is 0.396 e. The van der Waals surface area contributed by atoms with Crippen LogP contribution in [0.1, 0.15) is 35.9 Å². The summed E-state index contributed by atoms with van der Waals surface area (Å²) in [7, 11) is 0. The minimum atomic E-state index is -0.00857. The molecule has 2 aromatic carbocycles. The van der Waals surface area contributed by atoms with Crippen LogP contribution in [0.5, 0.6) is 0 Å². The molecule has 4 aromatic rings. The highest BCUT2D eigenvalue weighted by Gasteiger charge is 2.17. The maximum atomic E-state index is 9.14. The first-order valence-electron chi connectivity index (χ1n) is 11.4. The molecule has 0 amide bonds. The molecule has 5 N–H and O–H groups in total. The first kappa shape index (κ1) is 23.2. The molecule has 174 valence electrons. The molecule has 0 saturated heterocycles. The average Bonchev–Trinajstić information content (AvgIpc) is 3.23. The predicted octanol–water partition coefficient (Wildman–Crippen LogP) is 4.68. The fourth-order valence-electron chi connectivity index (χ4n) is 4.22. The van der Waals surface area contributed by atoms with Crippen LogP contribution in [-0.4, -0.2) is 38.9 Å². The van der Waals surface area contributed by atoms with E-state index < -0.39 is 0 Å². The van der Waals surface area contributed by atoms with Gasteiger partial charge in [-0.05, 0) is 67.3 Å². The third-order valence-corrected chi connectivity index (χ3v) is 5.93. The van der Waals surface area contributed by atoms with Crippen molar-refractivity contribution in [2.75, 3.05) is 18.5 Å². The highest BCUT2D eigenvalue weighted by Crippen LogP contribution is 2.34. The Kier molecular flexibility index (Phi) is 6.75.